The van der Waals surface area contributed by atoms with Gasteiger partial charge in [-0.2, -0.15) is 4.89 Å². The summed E-state index contributed by atoms with van der Waals surface area (Å²) >= 11 is 0. The van der Waals surface area contributed by atoms with Crippen LogP contribution in [-0.4, -0.2) is 18.9 Å². The molecule has 20 heavy (non-hydrogen) atoms. The minimum atomic E-state index is -0.507. The van der Waals surface area contributed by atoms with Gasteiger partial charge in [0.2, 0.25) is 0 Å². The van der Waals surface area contributed by atoms with E-state index >= 15 is 0 Å². The van der Waals surface area contributed by atoms with E-state index in [4.69, 9.17) is 4.74 Å². The van der Waals surface area contributed by atoms with Crippen molar-refractivity contribution in [2.75, 3.05) is 6.61 Å². The molecule has 0 bridgehead atoms. The van der Waals surface area contributed by atoms with Crippen molar-refractivity contribution < 1.29 is 19.3 Å². The maximum atomic E-state index is 12.0. The summed E-state index contributed by atoms with van der Waals surface area (Å²) in [7, 11) is 0. The van der Waals surface area contributed by atoms with E-state index in [-0.39, 0.29) is 16.8 Å². The van der Waals surface area contributed by atoms with Gasteiger partial charge >= 0.3 is 5.97 Å². The van der Waals surface area contributed by atoms with E-state index in [1.165, 1.54) is 0 Å². The predicted octanol–water partition coefficient (Wildman–Crippen LogP) is 4.09. The zero-order valence-electron chi connectivity index (χ0n) is 13.8. The van der Waals surface area contributed by atoms with Gasteiger partial charge in [0.1, 0.15) is 6.61 Å². The van der Waals surface area contributed by atoms with E-state index in [1.54, 1.807) is 0 Å². The highest BCUT2D eigenvalue weighted by Crippen LogP contribution is 2.49. The Morgan fingerprint density at radius 3 is 2.30 bits per heavy atom. The Bertz CT molecular complexity index is 318. The summed E-state index contributed by atoms with van der Waals surface area (Å²) in [6.07, 6.45) is 3.14. The second kappa shape index (κ2) is 6.90. The number of hydrogen-bond acceptors (Lipinski definition) is 4. The molecule has 0 N–H and O–H groups in total. The molecule has 0 spiro atoms. The van der Waals surface area contributed by atoms with Gasteiger partial charge < -0.3 is 4.74 Å². The van der Waals surface area contributed by atoms with Gasteiger partial charge in [-0.1, -0.05) is 54.4 Å². The maximum absolute atomic E-state index is 12.0. The fraction of sp³-hybridized carbons (Fsp3) is 0.938. The normalized spacial score (nSPS) is 21.2. The van der Waals surface area contributed by atoms with Crippen LogP contribution in [0.4, 0.5) is 0 Å². The molecule has 0 aromatic rings. The SMILES string of the molecule is CCCC(CC(=O)OC1COO1)C(C)(C)C(C)(C)CC. The third-order valence-electron chi connectivity index (χ3n) is 5.34. The van der Waals surface area contributed by atoms with Crippen molar-refractivity contribution in [3.8, 4) is 0 Å². The van der Waals surface area contributed by atoms with Crippen molar-refractivity contribution in [2.45, 2.75) is 73.5 Å². The first-order chi connectivity index (χ1) is 9.24. The molecule has 0 aliphatic carbocycles. The van der Waals surface area contributed by atoms with Crippen LogP contribution in [0.5, 0.6) is 0 Å². The van der Waals surface area contributed by atoms with Crippen molar-refractivity contribution >= 4 is 5.97 Å². The van der Waals surface area contributed by atoms with Gasteiger partial charge in [0.05, 0.1) is 0 Å². The highest BCUT2D eigenvalue weighted by Gasteiger charge is 2.42. The fourth-order valence-electron chi connectivity index (χ4n) is 2.65. The van der Waals surface area contributed by atoms with Crippen LogP contribution in [0.15, 0.2) is 0 Å². The number of rotatable bonds is 8. The monoisotopic (exact) mass is 286 g/mol. The third-order valence-corrected chi connectivity index (χ3v) is 5.34. The smallest absolute Gasteiger partial charge is 0.308 e. The lowest BCUT2D eigenvalue weighted by Crippen LogP contribution is -2.41. The lowest BCUT2D eigenvalue weighted by Gasteiger charge is -2.47. The van der Waals surface area contributed by atoms with Crippen molar-refractivity contribution in [2.24, 2.45) is 16.7 Å². The first kappa shape index (κ1) is 17.4. The van der Waals surface area contributed by atoms with E-state index in [0.29, 0.717) is 18.9 Å². The van der Waals surface area contributed by atoms with E-state index in [2.05, 4.69) is 51.3 Å². The quantitative estimate of drug-likeness (QED) is 0.498. The van der Waals surface area contributed by atoms with Crippen molar-refractivity contribution in [3.05, 3.63) is 0 Å². The molecule has 118 valence electrons. The molecule has 0 radical (unpaired) electrons. The Morgan fingerprint density at radius 2 is 1.90 bits per heavy atom. The average Bonchev–Trinajstić information content (AvgIpc) is 2.33. The molecule has 2 atom stereocenters. The Labute approximate surface area is 123 Å². The van der Waals surface area contributed by atoms with Crippen LogP contribution >= 0.6 is 0 Å². The van der Waals surface area contributed by atoms with Gasteiger partial charge in [-0.3, -0.25) is 4.79 Å². The summed E-state index contributed by atoms with van der Waals surface area (Å²) in [6, 6.07) is 0. The van der Waals surface area contributed by atoms with Crippen molar-refractivity contribution in [3.63, 3.8) is 0 Å². The highest BCUT2D eigenvalue weighted by molar-refractivity contribution is 5.70. The average molecular weight is 286 g/mol. The van der Waals surface area contributed by atoms with Gasteiger partial charge in [-0.15, -0.1) is 0 Å². The summed E-state index contributed by atoms with van der Waals surface area (Å²) in [5.41, 5.74) is 0.261. The summed E-state index contributed by atoms with van der Waals surface area (Å²) in [5, 5.41) is 0. The highest BCUT2D eigenvalue weighted by atomic mass is 17.3. The fourth-order valence-corrected chi connectivity index (χ4v) is 2.65. The number of hydrogen-bond donors (Lipinski definition) is 0. The van der Waals surface area contributed by atoms with Gasteiger partial charge in [-0.05, 0) is 23.2 Å². The molecular formula is C16H30O4. The second-order valence-electron chi connectivity index (χ2n) is 6.95. The molecule has 1 aliphatic heterocycles. The summed E-state index contributed by atoms with van der Waals surface area (Å²) < 4.78 is 5.22. The standard InChI is InChI=1S/C16H30O4/c1-7-9-12(16(5,6)15(3,4)8-2)10-13(17)19-14-11-18-20-14/h12,14H,7-11H2,1-6H3. The van der Waals surface area contributed by atoms with Crippen LogP contribution in [0.2, 0.25) is 0 Å². The molecule has 1 aliphatic rings. The number of carbonyl (C=O) groups is 1. The Kier molecular flexibility index (Phi) is 6.02. The molecule has 4 heteroatoms. The topological polar surface area (TPSA) is 44.8 Å². The van der Waals surface area contributed by atoms with Crippen LogP contribution in [0.25, 0.3) is 0 Å². The molecule has 2 unspecified atom stereocenters. The third kappa shape index (κ3) is 3.95. The molecule has 0 saturated carbocycles. The van der Waals surface area contributed by atoms with E-state index in [0.717, 1.165) is 19.3 Å². The number of ether oxygens (including phenoxy) is 1. The maximum Gasteiger partial charge on any atom is 0.308 e. The Balaban J connectivity index is 2.68. The molecule has 1 rings (SSSR count). The first-order valence-electron chi connectivity index (χ1n) is 7.72. The van der Waals surface area contributed by atoms with Crippen molar-refractivity contribution in [1.29, 1.82) is 0 Å². The largest absolute Gasteiger partial charge is 0.430 e. The number of carbonyl (C=O) groups excluding carboxylic acids is 1. The zero-order valence-corrected chi connectivity index (χ0v) is 13.8. The molecule has 1 fully saturated rings. The predicted molar refractivity (Wildman–Crippen MR) is 77.8 cm³/mol. The summed E-state index contributed by atoms with van der Waals surface area (Å²) in [4.78, 5) is 21.3. The van der Waals surface area contributed by atoms with Crippen molar-refractivity contribution in [1.82, 2.24) is 0 Å². The molecule has 0 amide bonds. The van der Waals surface area contributed by atoms with Crippen LogP contribution < -0.4 is 0 Å². The van der Waals surface area contributed by atoms with Crippen LogP contribution in [0.1, 0.15) is 67.2 Å². The van der Waals surface area contributed by atoms with Gasteiger partial charge in [0.15, 0.2) is 0 Å². The Morgan fingerprint density at radius 1 is 1.30 bits per heavy atom. The van der Waals surface area contributed by atoms with Crippen LogP contribution in [0, 0.1) is 16.7 Å². The minimum Gasteiger partial charge on any atom is -0.430 e. The van der Waals surface area contributed by atoms with Crippen LogP contribution in [0.3, 0.4) is 0 Å². The van der Waals surface area contributed by atoms with Gasteiger partial charge in [-0.25, -0.2) is 4.89 Å². The first-order valence-corrected chi connectivity index (χ1v) is 7.72. The lowest BCUT2D eigenvalue weighted by atomic mass is 9.58. The van der Waals surface area contributed by atoms with Crippen LogP contribution in [-0.2, 0) is 19.3 Å². The van der Waals surface area contributed by atoms with Gasteiger partial charge in [0, 0.05) is 6.42 Å². The Hall–Kier alpha value is -0.610. The summed E-state index contributed by atoms with van der Waals surface area (Å²) in [6.45, 7) is 13.8. The minimum absolute atomic E-state index is 0.0771. The van der Waals surface area contributed by atoms with E-state index in [1.807, 2.05) is 0 Å². The second-order valence-corrected chi connectivity index (χ2v) is 6.95. The molecule has 0 aromatic carbocycles. The molecular weight excluding hydrogens is 256 g/mol. The zero-order chi connectivity index (χ0) is 15.4. The van der Waals surface area contributed by atoms with E-state index in [9.17, 15) is 4.79 Å². The van der Waals surface area contributed by atoms with E-state index < -0.39 is 6.29 Å². The molecule has 4 nitrogen and oxygen atoms in total. The number of esters is 1. The lowest BCUT2D eigenvalue weighted by molar-refractivity contribution is -0.473. The summed E-state index contributed by atoms with van der Waals surface area (Å²) in [5.74, 6) is 0.132. The molecule has 0 aromatic heterocycles. The van der Waals surface area contributed by atoms with Gasteiger partial charge in [0.25, 0.3) is 6.29 Å². The molecule has 1 heterocycles. The molecule has 1 saturated heterocycles.